The molecule has 3 aromatic heterocycles. The third-order valence-corrected chi connectivity index (χ3v) is 3.77. The molecule has 0 fully saturated rings. The average Bonchev–Trinajstić information content (AvgIpc) is 3.07. The van der Waals surface area contributed by atoms with E-state index in [-0.39, 0.29) is 0 Å². The number of hydrogen-bond acceptors (Lipinski definition) is 5. The molecule has 0 bridgehead atoms. The van der Waals surface area contributed by atoms with E-state index in [1.165, 1.54) is 0 Å². The Morgan fingerprint density at radius 3 is 2.62 bits per heavy atom. The first-order chi connectivity index (χ1) is 10.1. The van der Waals surface area contributed by atoms with Crippen LogP contribution in [0.5, 0.6) is 0 Å². The Morgan fingerprint density at radius 2 is 1.95 bits per heavy atom. The summed E-state index contributed by atoms with van der Waals surface area (Å²) in [5.41, 5.74) is 2.64. The van der Waals surface area contributed by atoms with Gasteiger partial charge in [-0.25, -0.2) is 0 Å². The van der Waals surface area contributed by atoms with Gasteiger partial charge < -0.3 is 4.42 Å². The van der Waals surface area contributed by atoms with Crippen molar-refractivity contribution in [2.75, 3.05) is 0 Å². The number of aryl methyl sites for hydroxylation is 3. The van der Waals surface area contributed by atoms with Crippen molar-refractivity contribution >= 4 is 11.6 Å². The Labute approximate surface area is 126 Å². The first-order valence-electron chi connectivity index (χ1n) is 6.57. The topological polar surface area (TPSA) is 69.6 Å². The number of halogens is 1. The minimum Gasteiger partial charge on any atom is -0.421 e. The van der Waals surface area contributed by atoms with E-state index in [4.69, 9.17) is 16.0 Å². The lowest BCUT2D eigenvalue weighted by molar-refractivity contribution is 0.471. The summed E-state index contributed by atoms with van der Waals surface area (Å²) in [5, 5.41) is 13.2. The fourth-order valence-electron chi connectivity index (χ4n) is 2.06. The first-order valence-corrected chi connectivity index (χ1v) is 6.95. The van der Waals surface area contributed by atoms with Crippen molar-refractivity contribution in [3.05, 3.63) is 46.8 Å². The summed E-state index contributed by atoms with van der Waals surface area (Å²) in [6.45, 7) is 4.48. The standard InChI is InChI=1S/C14H14ClN5O/c1-9-13(15)10(2)20(19-9)8-5-12-17-18-14(21-12)11-3-6-16-7-4-11/h3-4,6-7H,5,8H2,1-2H3. The van der Waals surface area contributed by atoms with Gasteiger partial charge in [0.1, 0.15) is 0 Å². The Bertz CT molecular complexity index is 750. The van der Waals surface area contributed by atoms with Crippen LogP contribution in [0.15, 0.2) is 28.9 Å². The molecule has 6 nitrogen and oxygen atoms in total. The van der Waals surface area contributed by atoms with Crippen molar-refractivity contribution in [3.8, 4) is 11.5 Å². The second kappa shape index (κ2) is 5.65. The largest absolute Gasteiger partial charge is 0.421 e. The number of rotatable bonds is 4. The fraction of sp³-hybridized carbons (Fsp3) is 0.286. The van der Waals surface area contributed by atoms with Crippen LogP contribution in [0.25, 0.3) is 11.5 Å². The van der Waals surface area contributed by atoms with Gasteiger partial charge in [0.05, 0.1) is 16.4 Å². The van der Waals surface area contributed by atoms with Crippen LogP contribution >= 0.6 is 11.6 Å². The van der Waals surface area contributed by atoms with E-state index in [9.17, 15) is 0 Å². The molecule has 0 N–H and O–H groups in total. The Kier molecular flexibility index (Phi) is 3.70. The monoisotopic (exact) mass is 303 g/mol. The zero-order valence-electron chi connectivity index (χ0n) is 11.7. The van der Waals surface area contributed by atoms with Crippen LogP contribution in [0.2, 0.25) is 5.02 Å². The van der Waals surface area contributed by atoms with E-state index in [0.29, 0.717) is 29.8 Å². The van der Waals surface area contributed by atoms with Gasteiger partial charge in [-0.05, 0) is 26.0 Å². The van der Waals surface area contributed by atoms with E-state index in [1.54, 1.807) is 12.4 Å². The SMILES string of the molecule is Cc1nn(CCc2nnc(-c3ccncc3)o2)c(C)c1Cl. The minimum absolute atomic E-state index is 0.499. The Hall–Kier alpha value is -2.21. The summed E-state index contributed by atoms with van der Waals surface area (Å²) in [5.74, 6) is 1.07. The lowest BCUT2D eigenvalue weighted by atomic mass is 10.3. The number of pyridine rings is 1. The van der Waals surface area contributed by atoms with E-state index in [2.05, 4.69) is 20.3 Å². The van der Waals surface area contributed by atoms with E-state index >= 15 is 0 Å². The molecule has 0 aliphatic heterocycles. The molecule has 0 atom stereocenters. The summed E-state index contributed by atoms with van der Waals surface area (Å²) >= 11 is 6.12. The highest BCUT2D eigenvalue weighted by atomic mass is 35.5. The summed E-state index contributed by atoms with van der Waals surface area (Å²) in [6, 6.07) is 3.66. The van der Waals surface area contributed by atoms with Gasteiger partial charge in [0.25, 0.3) is 0 Å². The Balaban J connectivity index is 1.72. The van der Waals surface area contributed by atoms with Crippen LogP contribution in [-0.4, -0.2) is 25.0 Å². The second-order valence-electron chi connectivity index (χ2n) is 4.69. The molecular formula is C14H14ClN5O. The molecule has 0 spiro atoms. The predicted molar refractivity (Wildman–Crippen MR) is 77.9 cm³/mol. The van der Waals surface area contributed by atoms with Crippen LogP contribution in [-0.2, 0) is 13.0 Å². The van der Waals surface area contributed by atoms with Crippen LogP contribution < -0.4 is 0 Å². The van der Waals surface area contributed by atoms with Crippen molar-refractivity contribution in [2.24, 2.45) is 0 Å². The molecule has 3 rings (SSSR count). The Morgan fingerprint density at radius 1 is 1.19 bits per heavy atom. The van der Waals surface area contributed by atoms with E-state index < -0.39 is 0 Å². The maximum Gasteiger partial charge on any atom is 0.247 e. The van der Waals surface area contributed by atoms with Gasteiger partial charge in [-0.1, -0.05) is 11.6 Å². The van der Waals surface area contributed by atoms with E-state index in [1.807, 2.05) is 30.7 Å². The molecule has 0 saturated heterocycles. The maximum absolute atomic E-state index is 6.12. The van der Waals surface area contributed by atoms with Gasteiger partial charge in [0.2, 0.25) is 11.8 Å². The quantitative estimate of drug-likeness (QED) is 0.741. The molecular weight excluding hydrogens is 290 g/mol. The third-order valence-electron chi connectivity index (χ3n) is 3.22. The fourth-order valence-corrected chi connectivity index (χ4v) is 2.20. The van der Waals surface area contributed by atoms with Crippen molar-refractivity contribution in [1.82, 2.24) is 25.0 Å². The normalized spacial score (nSPS) is 11.0. The highest BCUT2D eigenvalue weighted by molar-refractivity contribution is 6.31. The second-order valence-corrected chi connectivity index (χ2v) is 5.07. The summed E-state index contributed by atoms with van der Waals surface area (Å²) < 4.78 is 7.50. The molecule has 3 aromatic rings. The minimum atomic E-state index is 0.499. The smallest absolute Gasteiger partial charge is 0.247 e. The van der Waals surface area contributed by atoms with Gasteiger partial charge in [0.15, 0.2) is 0 Å². The highest BCUT2D eigenvalue weighted by Gasteiger charge is 2.12. The molecule has 0 radical (unpaired) electrons. The maximum atomic E-state index is 6.12. The number of nitrogens with zero attached hydrogens (tertiary/aromatic N) is 5. The average molecular weight is 304 g/mol. The highest BCUT2D eigenvalue weighted by Crippen LogP contribution is 2.20. The molecule has 0 aromatic carbocycles. The van der Waals surface area contributed by atoms with Crippen molar-refractivity contribution in [3.63, 3.8) is 0 Å². The molecule has 0 aliphatic rings. The van der Waals surface area contributed by atoms with Gasteiger partial charge >= 0.3 is 0 Å². The molecule has 108 valence electrons. The van der Waals surface area contributed by atoms with Crippen molar-refractivity contribution in [2.45, 2.75) is 26.8 Å². The van der Waals surface area contributed by atoms with Crippen molar-refractivity contribution in [1.29, 1.82) is 0 Å². The molecule has 3 heterocycles. The third kappa shape index (κ3) is 2.80. The van der Waals surface area contributed by atoms with Crippen LogP contribution in [0.3, 0.4) is 0 Å². The molecule has 7 heteroatoms. The van der Waals surface area contributed by atoms with Gasteiger partial charge in [-0.3, -0.25) is 9.67 Å². The molecule has 21 heavy (non-hydrogen) atoms. The summed E-state index contributed by atoms with van der Waals surface area (Å²) in [6.07, 6.45) is 3.99. The number of aromatic nitrogens is 5. The van der Waals surface area contributed by atoms with Gasteiger partial charge in [-0.2, -0.15) is 5.10 Å². The summed E-state index contributed by atoms with van der Waals surface area (Å²) in [7, 11) is 0. The first kappa shape index (κ1) is 13.8. The van der Waals surface area contributed by atoms with Crippen LogP contribution in [0, 0.1) is 13.8 Å². The number of hydrogen-bond donors (Lipinski definition) is 0. The molecule has 0 aliphatic carbocycles. The zero-order valence-corrected chi connectivity index (χ0v) is 12.5. The van der Waals surface area contributed by atoms with Crippen molar-refractivity contribution < 1.29 is 4.42 Å². The zero-order chi connectivity index (χ0) is 14.8. The summed E-state index contributed by atoms with van der Waals surface area (Å²) in [4.78, 5) is 3.96. The molecule has 0 unspecified atom stereocenters. The van der Waals surface area contributed by atoms with Crippen LogP contribution in [0.1, 0.15) is 17.3 Å². The lowest BCUT2D eigenvalue weighted by Crippen LogP contribution is -2.05. The lowest BCUT2D eigenvalue weighted by Gasteiger charge is -2.01. The molecule has 0 saturated carbocycles. The van der Waals surface area contributed by atoms with Crippen LogP contribution in [0.4, 0.5) is 0 Å². The van der Waals surface area contributed by atoms with Gasteiger partial charge in [-0.15, -0.1) is 10.2 Å². The van der Waals surface area contributed by atoms with Gasteiger partial charge in [0, 0.05) is 30.9 Å². The molecule has 0 amide bonds. The predicted octanol–water partition coefficient (Wildman–Crippen LogP) is 2.84. The van der Waals surface area contributed by atoms with E-state index in [0.717, 1.165) is 17.0 Å².